The fourth-order valence-corrected chi connectivity index (χ4v) is 2.96. The average molecular weight is 328 g/mol. The lowest BCUT2D eigenvalue weighted by Gasteiger charge is -2.22. The molecule has 0 bridgehead atoms. The van der Waals surface area contributed by atoms with Crippen molar-refractivity contribution in [2.45, 2.75) is 37.6 Å². The van der Waals surface area contributed by atoms with E-state index in [0.717, 1.165) is 11.3 Å². The van der Waals surface area contributed by atoms with Crippen molar-refractivity contribution in [2.75, 3.05) is 11.9 Å². The summed E-state index contributed by atoms with van der Waals surface area (Å²) in [6, 6.07) is 11.1. The Morgan fingerprint density at radius 2 is 2.12 bits per heavy atom. The number of urea groups is 1. The van der Waals surface area contributed by atoms with Crippen LogP contribution < -0.4 is 10.6 Å². The molecule has 2 amide bonds. The van der Waals surface area contributed by atoms with Crippen molar-refractivity contribution in [1.82, 2.24) is 15.1 Å². The Bertz CT molecular complexity index is 680. The number of amides is 2. The predicted octanol–water partition coefficient (Wildman–Crippen LogP) is 2.93. The van der Waals surface area contributed by atoms with Gasteiger partial charge in [-0.05, 0) is 24.8 Å². The first-order valence-electron chi connectivity index (χ1n) is 8.44. The summed E-state index contributed by atoms with van der Waals surface area (Å²) >= 11 is 0. The van der Waals surface area contributed by atoms with Gasteiger partial charge in [-0.3, -0.25) is 10.00 Å². The number of aliphatic hydroxyl groups is 1. The Hall–Kier alpha value is -2.34. The Labute approximate surface area is 141 Å². The zero-order valence-corrected chi connectivity index (χ0v) is 13.9. The van der Waals surface area contributed by atoms with Crippen LogP contribution in [0.25, 0.3) is 0 Å². The fourth-order valence-electron chi connectivity index (χ4n) is 2.96. The molecule has 1 aromatic heterocycles. The Morgan fingerprint density at radius 1 is 1.38 bits per heavy atom. The van der Waals surface area contributed by atoms with Gasteiger partial charge in [0.25, 0.3) is 0 Å². The van der Waals surface area contributed by atoms with E-state index in [1.807, 2.05) is 43.4 Å². The summed E-state index contributed by atoms with van der Waals surface area (Å²) in [4.78, 5) is 12.3. The highest BCUT2D eigenvalue weighted by Gasteiger charge is 2.23. The number of benzene rings is 1. The van der Waals surface area contributed by atoms with Crippen molar-refractivity contribution in [3.63, 3.8) is 0 Å². The number of aromatic nitrogens is 2. The van der Waals surface area contributed by atoms with Gasteiger partial charge in [-0.2, -0.15) is 5.10 Å². The number of carbonyl (C=O) groups excluding carboxylic acids is 1. The summed E-state index contributed by atoms with van der Waals surface area (Å²) in [7, 11) is 1.83. The fraction of sp³-hybridized carbons (Fsp3) is 0.444. The molecule has 1 atom stereocenters. The minimum atomic E-state index is -0.291. The second-order valence-corrected chi connectivity index (χ2v) is 6.28. The van der Waals surface area contributed by atoms with Crippen molar-refractivity contribution in [2.24, 2.45) is 7.05 Å². The number of nitrogens with one attached hydrogen (secondary N) is 2. The van der Waals surface area contributed by atoms with Crippen LogP contribution in [0, 0.1) is 0 Å². The highest BCUT2D eigenvalue weighted by Crippen LogP contribution is 2.36. The van der Waals surface area contributed by atoms with Gasteiger partial charge in [-0.25, -0.2) is 4.79 Å². The second kappa shape index (κ2) is 7.49. The van der Waals surface area contributed by atoms with Crippen molar-refractivity contribution >= 4 is 11.8 Å². The highest BCUT2D eigenvalue weighted by molar-refractivity contribution is 5.88. The number of hydrogen-bond donors (Lipinski definition) is 3. The predicted molar refractivity (Wildman–Crippen MR) is 92.8 cm³/mol. The molecule has 1 fully saturated rings. The molecule has 3 rings (SSSR count). The number of rotatable bonds is 6. The molecule has 0 aliphatic heterocycles. The third kappa shape index (κ3) is 3.76. The van der Waals surface area contributed by atoms with Crippen LogP contribution >= 0.6 is 0 Å². The van der Waals surface area contributed by atoms with Crippen LogP contribution in [-0.4, -0.2) is 27.5 Å². The van der Waals surface area contributed by atoms with Crippen molar-refractivity contribution in [3.8, 4) is 0 Å². The third-order valence-corrected chi connectivity index (χ3v) is 4.59. The first-order chi connectivity index (χ1) is 11.7. The molecule has 1 heterocycles. The normalized spacial score (nSPS) is 15.6. The topological polar surface area (TPSA) is 79.2 Å². The molecule has 1 aliphatic carbocycles. The Kier molecular flexibility index (Phi) is 5.15. The number of anilines is 1. The SMILES string of the molecule is Cn1nc(C2CCC2)cc1NC(=O)N[C@H](CCO)c1ccccc1. The molecule has 1 aliphatic rings. The summed E-state index contributed by atoms with van der Waals surface area (Å²) in [6.07, 6.45) is 4.07. The monoisotopic (exact) mass is 328 g/mol. The maximum Gasteiger partial charge on any atom is 0.320 e. The van der Waals surface area contributed by atoms with E-state index in [-0.39, 0.29) is 18.7 Å². The lowest BCUT2D eigenvalue weighted by molar-refractivity contribution is 0.239. The van der Waals surface area contributed by atoms with Gasteiger partial charge in [0, 0.05) is 25.6 Å². The molecule has 24 heavy (non-hydrogen) atoms. The van der Waals surface area contributed by atoms with E-state index in [4.69, 9.17) is 0 Å². The van der Waals surface area contributed by atoms with Crippen LogP contribution in [0.2, 0.25) is 0 Å². The molecule has 1 saturated carbocycles. The molecule has 0 radical (unpaired) electrons. The van der Waals surface area contributed by atoms with Gasteiger partial charge in [0.15, 0.2) is 0 Å². The van der Waals surface area contributed by atoms with Crippen LogP contribution in [0.15, 0.2) is 36.4 Å². The van der Waals surface area contributed by atoms with Gasteiger partial charge in [-0.1, -0.05) is 36.8 Å². The minimum absolute atomic E-state index is 0.0113. The second-order valence-electron chi connectivity index (χ2n) is 6.28. The van der Waals surface area contributed by atoms with Crippen LogP contribution in [0.3, 0.4) is 0 Å². The van der Waals surface area contributed by atoms with Gasteiger partial charge in [-0.15, -0.1) is 0 Å². The van der Waals surface area contributed by atoms with Crippen LogP contribution in [0.1, 0.15) is 48.9 Å². The van der Waals surface area contributed by atoms with E-state index in [1.165, 1.54) is 19.3 Å². The zero-order valence-electron chi connectivity index (χ0n) is 13.9. The molecule has 2 aromatic rings. The standard InChI is InChI=1S/C18H24N4O2/c1-22-17(12-16(21-22)14-8-5-9-14)20-18(24)19-15(10-11-23)13-6-3-2-4-7-13/h2-4,6-7,12,14-15,23H,5,8-11H2,1H3,(H2,19,20,24)/t15-/m1/s1. The summed E-state index contributed by atoms with van der Waals surface area (Å²) in [6.45, 7) is 0.0113. The molecule has 0 spiro atoms. The molecule has 1 aromatic carbocycles. The number of carbonyl (C=O) groups is 1. The third-order valence-electron chi connectivity index (χ3n) is 4.59. The molecule has 6 nitrogen and oxygen atoms in total. The van der Waals surface area contributed by atoms with E-state index < -0.39 is 0 Å². The molecule has 6 heteroatoms. The first kappa shape index (κ1) is 16.5. The van der Waals surface area contributed by atoms with Crippen LogP contribution in [0.4, 0.5) is 10.6 Å². The van der Waals surface area contributed by atoms with Gasteiger partial charge >= 0.3 is 6.03 Å². The molecule has 128 valence electrons. The molecular formula is C18H24N4O2. The summed E-state index contributed by atoms with van der Waals surface area (Å²) < 4.78 is 1.71. The van der Waals surface area contributed by atoms with Crippen LogP contribution in [0.5, 0.6) is 0 Å². The van der Waals surface area contributed by atoms with Crippen molar-refractivity contribution in [1.29, 1.82) is 0 Å². The summed E-state index contributed by atoms with van der Waals surface area (Å²) in [5, 5.41) is 19.5. The smallest absolute Gasteiger partial charge is 0.320 e. The van der Waals surface area contributed by atoms with E-state index in [1.54, 1.807) is 4.68 Å². The molecule has 3 N–H and O–H groups in total. The Morgan fingerprint density at radius 3 is 2.75 bits per heavy atom. The molecule has 0 unspecified atom stereocenters. The number of aliphatic hydroxyl groups excluding tert-OH is 1. The van der Waals surface area contributed by atoms with E-state index in [0.29, 0.717) is 18.2 Å². The average Bonchev–Trinajstić information content (AvgIpc) is 2.86. The molecule has 0 saturated heterocycles. The lowest BCUT2D eigenvalue weighted by atomic mass is 9.83. The maximum atomic E-state index is 12.3. The van der Waals surface area contributed by atoms with Gasteiger partial charge in [0.05, 0.1) is 11.7 Å². The maximum absolute atomic E-state index is 12.3. The van der Waals surface area contributed by atoms with E-state index in [2.05, 4.69) is 15.7 Å². The van der Waals surface area contributed by atoms with Crippen molar-refractivity contribution in [3.05, 3.63) is 47.7 Å². The van der Waals surface area contributed by atoms with E-state index in [9.17, 15) is 9.90 Å². The summed E-state index contributed by atoms with van der Waals surface area (Å²) in [5.41, 5.74) is 2.02. The highest BCUT2D eigenvalue weighted by atomic mass is 16.3. The molecular weight excluding hydrogens is 304 g/mol. The minimum Gasteiger partial charge on any atom is -0.396 e. The van der Waals surface area contributed by atoms with Gasteiger partial charge < -0.3 is 10.4 Å². The van der Waals surface area contributed by atoms with E-state index >= 15 is 0 Å². The number of hydrogen-bond acceptors (Lipinski definition) is 3. The first-order valence-corrected chi connectivity index (χ1v) is 8.44. The summed E-state index contributed by atoms with van der Waals surface area (Å²) in [5.74, 6) is 1.21. The Balaban J connectivity index is 1.64. The largest absolute Gasteiger partial charge is 0.396 e. The number of aryl methyl sites for hydroxylation is 1. The van der Waals surface area contributed by atoms with Crippen LogP contribution in [-0.2, 0) is 7.05 Å². The van der Waals surface area contributed by atoms with Gasteiger partial charge in [0.2, 0.25) is 0 Å². The van der Waals surface area contributed by atoms with Crippen molar-refractivity contribution < 1.29 is 9.90 Å². The number of nitrogens with zero attached hydrogens (tertiary/aromatic N) is 2. The lowest BCUT2D eigenvalue weighted by Crippen LogP contribution is -2.33. The zero-order chi connectivity index (χ0) is 16.9. The quantitative estimate of drug-likeness (QED) is 0.763. The van der Waals surface area contributed by atoms with Gasteiger partial charge in [0.1, 0.15) is 5.82 Å².